The Kier molecular flexibility index (Phi) is 191. The van der Waals surface area contributed by atoms with E-state index in [9.17, 15) is 23.3 Å². The van der Waals surface area contributed by atoms with E-state index in [-0.39, 0.29) is 1040 Å². The van der Waals surface area contributed by atoms with Gasteiger partial charge in [0.25, 0.3) is 10.0 Å². The number of pyridine rings is 1. The number of amides is 1. The predicted octanol–water partition coefficient (Wildman–Crippen LogP) is 6.30. The summed E-state index contributed by atoms with van der Waals surface area (Å²) < 4.78 is 50.6. The van der Waals surface area contributed by atoms with Gasteiger partial charge in [0.2, 0.25) is 5.00 Å². The van der Waals surface area contributed by atoms with Gasteiger partial charge in [-0.1, -0.05) is 140 Å². The zero-order chi connectivity index (χ0) is 85.2. The van der Waals surface area contributed by atoms with Crippen LogP contribution in [0.4, 0.5) is 15.5 Å². The van der Waals surface area contributed by atoms with Crippen LogP contribution in [0.2, 0.25) is 0 Å². The van der Waals surface area contributed by atoms with E-state index in [4.69, 9.17) is 83.3 Å². The summed E-state index contributed by atoms with van der Waals surface area (Å²) in [7, 11) is -10.5. The molecule has 0 saturated carbocycles. The molecule has 2 spiro atoms. The number of nitrogens with two attached hydrogens (primary N) is 1. The minimum absolute atomic E-state index is 0. The Morgan fingerprint density at radius 3 is 1.31 bits per heavy atom. The molecular formula is C82H87B6N7O19S4Y31. The number of carbonyl (C=O) groups excluding carboxylic acids is 1. The fourth-order valence-electron chi connectivity index (χ4n) is 12.4. The van der Waals surface area contributed by atoms with Crippen LogP contribution in [0, 0.1) is 13.1 Å². The molecule has 0 aliphatic carbocycles. The van der Waals surface area contributed by atoms with E-state index in [1.165, 1.54) is 82.2 Å². The number of furan rings is 1. The molecule has 14 N–H and O–H groups in total. The van der Waals surface area contributed by atoms with Crippen LogP contribution >= 0.6 is 34.0 Å². The van der Waals surface area contributed by atoms with Gasteiger partial charge in [0.15, 0.2) is 5.69 Å². The van der Waals surface area contributed by atoms with Crippen molar-refractivity contribution >= 4 is 157 Å². The summed E-state index contributed by atoms with van der Waals surface area (Å²) in [5.41, 5.74) is 14.7. The van der Waals surface area contributed by atoms with Gasteiger partial charge in [0.1, 0.15) is 34.0 Å². The van der Waals surface area contributed by atoms with Crippen molar-refractivity contribution in [3.63, 3.8) is 0 Å². The fraction of sp³-hybridized carbons (Fsp3) is 0.195. The average Bonchev–Trinajstić information content (AvgIpc) is 1.66. The number of carbonyl (C=O) groups is 1. The van der Waals surface area contributed by atoms with Crippen molar-refractivity contribution in [2.45, 2.75) is 74.7 Å². The van der Waals surface area contributed by atoms with E-state index in [2.05, 4.69) is 91.7 Å². The molecule has 149 heavy (non-hydrogen) atoms. The fourth-order valence-corrected chi connectivity index (χ4v) is 15.9. The molecular weight excluding hydrogens is 4340 g/mol. The number of hydrogen-bond donors (Lipinski definition) is 13. The number of hydrogen-bond acceptors (Lipinski definition) is 25. The van der Waals surface area contributed by atoms with Crippen molar-refractivity contribution in [2.75, 3.05) is 33.2 Å². The Bertz CT molecular complexity index is 5440. The number of thiophene rings is 3. The van der Waals surface area contributed by atoms with Gasteiger partial charge in [-0.2, -0.15) is 34.0 Å². The van der Waals surface area contributed by atoms with E-state index < -0.39 is 63.9 Å². The molecule has 4 aliphatic heterocycles. The van der Waals surface area contributed by atoms with Gasteiger partial charge in [-0.15, -0.1) is 0 Å². The third kappa shape index (κ3) is 81.9. The third-order valence-corrected chi connectivity index (χ3v) is 22.7. The Hall–Kier alpha value is 23.7. The molecule has 6 aromatic carbocycles. The molecule has 699 valence electrons. The molecule has 4 aliphatic rings. The van der Waals surface area contributed by atoms with Gasteiger partial charge < -0.3 is 94.4 Å². The molecule has 31 radical (unpaired) electrons. The number of rotatable bonds is 11. The zero-order valence-electron chi connectivity index (χ0n) is 82.7. The largest absolute Gasteiger partial charge is 0.526 e. The monoisotopic (exact) mass is 4420 g/mol. The first-order valence-electron chi connectivity index (χ1n) is 37.0. The topological polar surface area (TPSA) is 394 Å². The van der Waals surface area contributed by atoms with Crippen LogP contribution in [-0.4, -0.2) is 186 Å². The summed E-state index contributed by atoms with van der Waals surface area (Å²) in [4.78, 5) is 27.1. The number of piperidine rings is 2. The van der Waals surface area contributed by atoms with Gasteiger partial charge >= 0.3 is 48.8 Å². The second-order valence-corrected chi connectivity index (χ2v) is 32.5. The first-order chi connectivity index (χ1) is 56.4. The number of nitrogens with zero attached hydrogens (tertiary/aromatic N) is 6. The van der Waals surface area contributed by atoms with Crippen molar-refractivity contribution < 1.29 is 1110 Å². The maximum atomic E-state index is 12.8. The van der Waals surface area contributed by atoms with Crippen molar-refractivity contribution in [1.29, 1.82) is 0 Å². The average molecular weight is 4420 g/mol. The summed E-state index contributed by atoms with van der Waals surface area (Å²) in [6.45, 7) is 23.4. The van der Waals surface area contributed by atoms with Gasteiger partial charge in [-0.3, -0.25) is 4.98 Å². The second-order valence-electron chi connectivity index (χ2n) is 27.9. The van der Waals surface area contributed by atoms with E-state index in [0.29, 0.717) is 74.5 Å². The van der Waals surface area contributed by atoms with Gasteiger partial charge in [-0.05, 0) is 162 Å². The predicted molar refractivity (Wildman–Crippen MR) is 467 cm³/mol. The number of fused-ring (bicyclic) bond motifs is 3. The van der Waals surface area contributed by atoms with Crippen LogP contribution < -0.4 is 46.9 Å². The quantitative estimate of drug-likeness (QED) is 0.0499. The molecule has 26 nitrogen and oxygen atoms in total. The van der Waals surface area contributed by atoms with Crippen molar-refractivity contribution in [3.8, 4) is 11.5 Å². The Morgan fingerprint density at radius 2 is 0.940 bits per heavy atom. The number of likely N-dealkylation sites (tertiary alicyclic amines) is 2. The molecule has 10 heterocycles. The number of benzene rings is 6. The van der Waals surface area contributed by atoms with Crippen molar-refractivity contribution in [3.05, 3.63) is 310 Å². The van der Waals surface area contributed by atoms with Crippen LogP contribution in [-0.2, 0) is 1040 Å². The number of para-hydroxylation sites is 3. The maximum absolute atomic E-state index is 12.8. The van der Waals surface area contributed by atoms with E-state index in [1.54, 1.807) is 112 Å². The van der Waals surface area contributed by atoms with Crippen molar-refractivity contribution in [2.24, 2.45) is 5.73 Å². The summed E-state index contributed by atoms with van der Waals surface area (Å²) in [5, 5.41) is 110. The van der Waals surface area contributed by atoms with Crippen LogP contribution in [0.25, 0.3) is 31.7 Å². The molecule has 2 saturated heterocycles. The molecule has 12 aromatic rings. The SMILES string of the molecule is CN1CCC2(C=C(c3cccc(CN)c3)c3ccccc3O2)CC1.O=S(=O)(c1ccccc1)n1c(B(O)O)cc2ccccc21.OB(O)c1cccnc1.OB(O)c1ccco1.OB(O)c1cccs1.OB(O)c1ccsc1.[C-]#[N+]c1ccc(B(O)O)s1.[C-]#[N+]c1cccc(C2=CC3(CCN(C(=O)OC(C)(C)C)CC3)Oc3ccccc32)c1.[Y].[Y].[Y].[Y].[Y].[Y].[Y].[Y].[Y].[Y].[Y].[Y].[Y].[Y].[Y].[Y].[Y].[Y].[Y].[Y].[Y].[Y].[Y].[Y].[Y].[Y].[Y].[Y].[Y].[Y].[Y]. The first kappa shape index (κ1) is 227. The summed E-state index contributed by atoms with van der Waals surface area (Å²) in [5.74, 6) is 1.84. The summed E-state index contributed by atoms with van der Waals surface area (Å²) >= 11 is 3.87. The zero-order valence-corrected chi connectivity index (χ0v) is 174. The van der Waals surface area contributed by atoms with Gasteiger partial charge in [0.05, 0.1) is 35.4 Å². The third-order valence-electron chi connectivity index (χ3n) is 18.3. The Labute approximate surface area is 1670 Å². The number of ether oxygens (including phenoxy) is 3. The summed E-state index contributed by atoms with van der Waals surface area (Å²) in [6, 6.07) is 63.3. The van der Waals surface area contributed by atoms with Crippen LogP contribution in [0.1, 0.15) is 74.3 Å². The molecule has 0 atom stereocenters. The normalized spacial score (nSPS) is 10.9. The Balaban J connectivity index is -0.0000000588. The van der Waals surface area contributed by atoms with E-state index in [1.807, 2.05) is 69.3 Å². The molecule has 0 unspecified atom stereocenters. The van der Waals surface area contributed by atoms with Crippen LogP contribution in [0.15, 0.2) is 269 Å². The molecule has 16 rings (SSSR count). The van der Waals surface area contributed by atoms with E-state index >= 15 is 0 Å². The molecule has 0 bridgehead atoms. The standard InChI is InChI=1S/C25H26N2O3.C21H24N2O.C14H12BNO4S.C5H4BNO2S.C5H6BNO2.C4H5BO3.2C4H5BO2S.31Y/c1-24(2,3)30-23(28)27-14-12-25(13-15-27)17-21(18-8-7-9-19(16-18)26-4)20-10-5-6-11-22(20)29-25;1-23-11-9-21(10-12-23)14-19(17-6-4-5-16(13-17)15-22)18-7-2-3-8-20(18)24-21;17-15(18)14-10-11-6-4-5-9-13(11)16(14)21(19,20)12-7-2-1-3-8-12;1-7-5-3-2-4(10-5)6(8)9;8-6(9)5-2-1-3-7-4-5;6-5(7)4-2-1-3-8-4;6-5(7)4-1-2-8-3-4;6-5(7)4-2-1-3-8-4;;;;;;;;;;;;;;;;;;;;;;;;;;;;;;;/h5-11,16-17H,12-15H2,1-3H3;2-8,13-14H,9-12,15,22H2,1H3;1-10,17-18H;2-3,8-9H;1-4,8-9H;3*1-3,6-7H;;;;;;;;;;;;;;;;;;;;;;;;;;;;;;;. The van der Waals surface area contributed by atoms with Crippen LogP contribution in [0.3, 0.4) is 0 Å². The Morgan fingerprint density at radius 1 is 0.470 bits per heavy atom. The second kappa shape index (κ2) is 125. The number of aromatic nitrogens is 2. The van der Waals surface area contributed by atoms with E-state index in [0.717, 1.165) is 75.0 Å². The molecule has 6 aromatic heterocycles. The van der Waals surface area contributed by atoms with Gasteiger partial charge in [0, 0.05) is 1120 Å². The first-order valence-corrected chi connectivity index (χ1v) is 41.0. The molecule has 67 heteroatoms. The maximum Gasteiger partial charge on any atom is 0.526 e. The smallest absolute Gasteiger partial charge is 0.482 e. The molecule has 1 amide bonds. The van der Waals surface area contributed by atoms with Crippen LogP contribution in [0.5, 0.6) is 11.5 Å². The summed E-state index contributed by atoms with van der Waals surface area (Å²) in [6.07, 6.45) is 12.1. The minimum Gasteiger partial charge on any atom is -0.482 e. The minimum atomic E-state index is -3.90. The molecule has 2 fully saturated rings. The van der Waals surface area contributed by atoms with Crippen molar-refractivity contribution in [1.82, 2.24) is 18.8 Å². The van der Waals surface area contributed by atoms with Gasteiger partial charge in [-0.25, -0.2) is 26.9 Å².